The first-order chi connectivity index (χ1) is 19.2. The summed E-state index contributed by atoms with van der Waals surface area (Å²) in [7, 11) is 0. The van der Waals surface area contributed by atoms with E-state index in [-0.39, 0.29) is 24.7 Å². The van der Waals surface area contributed by atoms with E-state index >= 15 is 0 Å². The molecule has 1 aromatic carbocycles. The molecule has 3 amide bonds. The number of hydrogen-bond acceptors (Lipinski definition) is 9. The zero-order valence-electron chi connectivity index (χ0n) is 21.5. The molecule has 5 rings (SSSR count). The van der Waals surface area contributed by atoms with Gasteiger partial charge in [-0.1, -0.05) is 43.0 Å². The van der Waals surface area contributed by atoms with Crippen molar-refractivity contribution in [3.63, 3.8) is 0 Å². The van der Waals surface area contributed by atoms with Crippen LogP contribution < -0.4 is 10.6 Å². The van der Waals surface area contributed by atoms with Crippen LogP contribution in [0.4, 0.5) is 5.82 Å². The van der Waals surface area contributed by atoms with Crippen molar-refractivity contribution in [2.45, 2.75) is 62.1 Å². The molecule has 0 bridgehead atoms. The average Bonchev–Trinajstić information content (AvgIpc) is 3.48. The second-order valence-corrected chi connectivity index (χ2v) is 9.88. The molecule has 0 aliphatic carbocycles. The Balaban J connectivity index is 1.49. The lowest BCUT2D eigenvalue weighted by Crippen LogP contribution is -2.57. The largest absolute Gasteiger partial charge is 0.453 e. The Labute approximate surface area is 229 Å². The average molecular weight is 549 g/mol. The lowest BCUT2D eigenvalue weighted by atomic mass is 10.0. The SMILES string of the molecule is C=CC(=O)N(c1nccc2ccccc12)C1CC=CCC2CCC(C(=O)OC3CC(=O)OC3(O)C(N)=O)N2C1=O. The molecule has 40 heavy (non-hydrogen) atoms. The number of ether oxygens (including phenoxy) is 2. The Kier molecular flexibility index (Phi) is 7.11. The van der Waals surface area contributed by atoms with Crippen molar-refractivity contribution in [2.75, 3.05) is 4.90 Å². The number of cyclic esters (lactones) is 1. The van der Waals surface area contributed by atoms with Crippen molar-refractivity contribution in [1.82, 2.24) is 9.88 Å². The molecule has 12 heteroatoms. The molecular formula is C28H28N4O8. The highest BCUT2D eigenvalue weighted by Crippen LogP contribution is 2.35. The van der Waals surface area contributed by atoms with Crippen LogP contribution in [0.3, 0.4) is 0 Å². The smallest absolute Gasteiger partial charge is 0.329 e. The number of carbonyl (C=O) groups excluding carboxylic acids is 5. The summed E-state index contributed by atoms with van der Waals surface area (Å²) in [5, 5.41) is 11.9. The summed E-state index contributed by atoms with van der Waals surface area (Å²) in [6.45, 7) is 3.61. The molecular weight excluding hydrogens is 520 g/mol. The first-order valence-corrected chi connectivity index (χ1v) is 12.9. The minimum atomic E-state index is -2.80. The highest BCUT2D eigenvalue weighted by molar-refractivity contribution is 6.10. The maximum Gasteiger partial charge on any atom is 0.329 e. The first kappa shape index (κ1) is 27.0. The van der Waals surface area contributed by atoms with E-state index < -0.39 is 60.1 Å². The summed E-state index contributed by atoms with van der Waals surface area (Å²) in [6.07, 6.45) is 5.46. The van der Waals surface area contributed by atoms with Crippen LogP contribution in [-0.2, 0) is 33.4 Å². The van der Waals surface area contributed by atoms with Crippen LogP contribution in [0.5, 0.6) is 0 Å². The monoisotopic (exact) mass is 548 g/mol. The third-order valence-corrected chi connectivity index (χ3v) is 7.52. The highest BCUT2D eigenvalue weighted by atomic mass is 16.7. The summed E-state index contributed by atoms with van der Waals surface area (Å²) in [4.78, 5) is 71.5. The van der Waals surface area contributed by atoms with Gasteiger partial charge < -0.3 is 25.2 Å². The molecule has 1 aromatic heterocycles. The van der Waals surface area contributed by atoms with Gasteiger partial charge in [-0.3, -0.25) is 24.1 Å². The number of aromatic nitrogens is 1. The number of aliphatic hydroxyl groups is 1. The third kappa shape index (κ3) is 4.60. The summed E-state index contributed by atoms with van der Waals surface area (Å²) in [6, 6.07) is 6.58. The molecule has 3 aliphatic heterocycles. The number of primary amides is 1. The van der Waals surface area contributed by atoms with Crippen molar-refractivity contribution in [1.29, 1.82) is 0 Å². The lowest BCUT2D eigenvalue weighted by Gasteiger charge is -2.37. The molecule has 5 unspecified atom stereocenters. The Morgan fingerprint density at radius 3 is 2.67 bits per heavy atom. The Morgan fingerprint density at radius 1 is 1.18 bits per heavy atom. The Hall–Kier alpha value is -4.58. The van der Waals surface area contributed by atoms with E-state index in [0.717, 1.165) is 11.5 Å². The van der Waals surface area contributed by atoms with Crippen LogP contribution in [0, 0.1) is 0 Å². The first-order valence-electron chi connectivity index (χ1n) is 12.9. The van der Waals surface area contributed by atoms with E-state index in [1.54, 1.807) is 24.4 Å². The molecule has 0 saturated carbocycles. The van der Waals surface area contributed by atoms with Crippen LogP contribution in [-0.4, -0.2) is 74.7 Å². The summed E-state index contributed by atoms with van der Waals surface area (Å²) < 4.78 is 10.00. The quantitative estimate of drug-likeness (QED) is 0.302. The lowest BCUT2D eigenvalue weighted by molar-refractivity contribution is -0.220. The number of nitrogens with two attached hydrogens (primary N) is 1. The molecule has 5 atom stereocenters. The van der Waals surface area contributed by atoms with Crippen LogP contribution in [0.15, 0.2) is 61.3 Å². The molecule has 4 heterocycles. The van der Waals surface area contributed by atoms with Crippen molar-refractivity contribution < 1.29 is 38.6 Å². The number of rotatable bonds is 6. The third-order valence-electron chi connectivity index (χ3n) is 7.52. The number of fused-ring (bicyclic) bond motifs is 2. The minimum Gasteiger partial charge on any atom is -0.453 e. The maximum atomic E-state index is 14.2. The van der Waals surface area contributed by atoms with Crippen molar-refractivity contribution in [3.05, 3.63) is 61.3 Å². The predicted octanol–water partition coefficient (Wildman–Crippen LogP) is 0.865. The number of anilines is 1. The number of pyridine rings is 1. The number of hydrogen-bond donors (Lipinski definition) is 2. The van der Waals surface area contributed by atoms with Crippen molar-refractivity contribution in [3.8, 4) is 0 Å². The molecule has 2 aromatic rings. The molecule has 12 nitrogen and oxygen atoms in total. The van der Waals surface area contributed by atoms with E-state index in [9.17, 15) is 29.1 Å². The Bertz CT molecular complexity index is 1440. The molecule has 208 valence electrons. The van der Waals surface area contributed by atoms with Crippen LogP contribution in [0.1, 0.15) is 32.1 Å². The molecule has 2 fully saturated rings. The number of carbonyl (C=O) groups is 5. The van der Waals surface area contributed by atoms with E-state index in [0.29, 0.717) is 18.2 Å². The normalized spacial score (nSPS) is 27.9. The highest BCUT2D eigenvalue weighted by Gasteiger charge is 2.57. The van der Waals surface area contributed by atoms with E-state index in [1.807, 2.05) is 24.3 Å². The van der Waals surface area contributed by atoms with E-state index in [2.05, 4.69) is 16.3 Å². The van der Waals surface area contributed by atoms with Crippen molar-refractivity contribution in [2.24, 2.45) is 5.73 Å². The second kappa shape index (κ2) is 10.5. The van der Waals surface area contributed by atoms with Gasteiger partial charge in [0.15, 0.2) is 6.10 Å². The van der Waals surface area contributed by atoms with E-state index in [4.69, 9.17) is 10.5 Å². The van der Waals surface area contributed by atoms with Crippen LogP contribution in [0.2, 0.25) is 0 Å². The zero-order valence-corrected chi connectivity index (χ0v) is 21.5. The number of amides is 3. The van der Waals surface area contributed by atoms with Crippen LogP contribution in [0.25, 0.3) is 10.8 Å². The number of nitrogens with zero attached hydrogens (tertiary/aromatic N) is 3. The van der Waals surface area contributed by atoms with Gasteiger partial charge in [0.25, 0.3) is 11.8 Å². The summed E-state index contributed by atoms with van der Waals surface area (Å²) in [5.74, 6) is -6.83. The van der Waals surface area contributed by atoms with Gasteiger partial charge in [0.2, 0.25) is 5.91 Å². The fraction of sp³-hybridized carbons (Fsp3) is 0.357. The van der Waals surface area contributed by atoms with Gasteiger partial charge in [-0.15, -0.1) is 0 Å². The topological polar surface area (TPSA) is 169 Å². The fourth-order valence-electron chi connectivity index (χ4n) is 5.57. The van der Waals surface area contributed by atoms with Crippen LogP contribution >= 0.6 is 0 Å². The standard InChI is InChI=1S/C28H28N4O8/c1-2-22(33)32(24-18-9-5-3-7-16(18)13-14-30-24)19-10-6-4-8-17-11-12-20(31(17)25(19)35)26(36)39-21-15-23(34)40-28(21,38)27(29)37/h2-7,9,13-14,17,19-21,38H,1,8,10-12,15H2,(H2,29,37). The summed E-state index contributed by atoms with van der Waals surface area (Å²) >= 11 is 0. The van der Waals surface area contributed by atoms with Gasteiger partial charge in [0.05, 0.1) is 6.42 Å². The minimum absolute atomic E-state index is 0.153. The second-order valence-electron chi connectivity index (χ2n) is 9.88. The molecule has 0 radical (unpaired) electrons. The number of esters is 2. The van der Waals surface area contributed by atoms with Gasteiger partial charge >= 0.3 is 17.7 Å². The Morgan fingerprint density at radius 2 is 1.93 bits per heavy atom. The van der Waals surface area contributed by atoms with Gasteiger partial charge in [-0.05, 0) is 43.2 Å². The van der Waals surface area contributed by atoms with Gasteiger partial charge in [0.1, 0.15) is 17.9 Å². The van der Waals surface area contributed by atoms with Gasteiger partial charge in [0, 0.05) is 17.6 Å². The molecule has 0 spiro atoms. The fourth-order valence-corrected chi connectivity index (χ4v) is 5.57. The van der Waals surface area contributed by atoms with Crippen molar-refractivity contribution >= 4 is 46.3 Å². The number of benzene rings is 1. The molecule has 3 aliphatic rings. The predicted molar refractivity (Wildman–Crippen MR) is 140 cm³/mol. The maximum absolute atomic E-state index is 14.2. The van der Waals surface area contributed by atoms with Gasteiger partial charge in [-0.25, -0.2) is 9.78 Å². The molecule has 2 saturated heterocycles. The summed E-state index contributed by atoms with van der Waals surface area (Å²) in [5.41, 5.74) is 5.19. The van der Waals surface area contributed by atoms with E-state index in [1.165, 1.54) is 9.80 Å². The molecule has 3 N–H and O–H groups in total. The zero-order chi connectivity index (χ0) is 28.6. The van der Waals surface area contributed by atoms with Gasteiger partial charge in [-0.2, -0.15) is 0 Å².